The lowest BCUT2D eigenvalue weighted by Gasteiger charge is -2.29. The predicted octanol–water partition coefficient (Wildman–Crippen LogP) is 4.08. The maximum Gasteiger partial charge on any atom is 0.273 e. The Bertz CT molecular complexity index is 1240. The zero-order valence-electron chi connectivity index (χ0n) is 18.9. The summed E-state index contributed by atoms with van der Waals surface area (Å²) in [5.41, 5.74) is 2.20. The molecule has 1 atom stereocenters. The van der Waals surface area contributed by atoms with Crippen molar-refractivity contribution in [3.05, 3.63) is 102 Å². The molecular formula is C27H28N4O2. The highest BCUT2D eigenvalue weighted by Crippen LogP contribution is 2.20. The molecule has 0 aliphatic heterocycles. The first-order valence-corrected chi connectivity index (χ1v) is 11.1. The van der Waals surface area contributed by atoms with Crippen molar-refractivity contribution in [1.29, 1.82) is 0 Å². The summed E-state index contributed by atoms with van der Waals surface area (Å²) in [6.07, 6.45) is 4.83. The molecule has 0 radical (unpaired) electrons. The number of rotatable bonds is 8. The third-order valence-corrected chi connectivity index (χ3v) is 6.00. The molecule has 0 aliphatic carbocycles. The van der Waals surface area contributed by atoms with Gasteiger partial charge in [-0.15, -0.1) is 0 Å². The van der Waals surface area contributed by atoms with Gasteiger partial charge in [-0.05, 0) is 42.0 Å². The standard InChI is InChI=1S/C27H28N4O2/c1-30-18-8-13-24(30)26(32)29-17-15-22(19-20-9-4-3-5-10-20)31(2)27(33)25-23-12-7-6-11-21(23)14-16-28-25/h3-14,16,18,22H,15,17,19H2,1-2H3,(H,29,32)/t22-/m1/s1. The lowest BCUT2D eigenvalue weighted by molar-refractivity contribution is 0.0719. The molecule has 2 heterocycles. The van der Waals surface area contributed by atoms with Crippen molar-refractivity contribution in [1.82, 2.24) is 19.8 Å². The van der Waals surface area contributed by atoms with Crippen molar-refractivity contribution in [2.75, 3.05) is 13.6 Å². The van der Waals surface area contributed by atoms with E-state index in [4.69, 9.17) is 0 Å². The van der Waals surface area contributed by atoms with Gasteiger partial charge in [0, 0.05) is 44.5 Å². The maximum atomic E-state index is 13.5. The fraction of sp³-hybridized carbons (Fsp3) is 0.222. The first-order valence-electron chi connectivity index (χ1n) is 11.1. The number of fused-ring (bicyclic) bond motifs is 1. The van der Waals surface area contributed by atoms with Crippen molar-refractivity contribution < 1.29 is 9.59 Å². The average Bonchev–Trinajstić information content (AvgIpc) is 3.28. The Morgan fingerprint density at radius 3 is 2.52 bits per heavy atom. The third kappa shape index (κ3) is 5.12. The summed E-state index contributed by atoms with van der Waals surface area (Å²) in [4.78, 5) is 32.2. The highest BCUT2D eigenvalue weighted by atomic mass is 16.2. The Kier molecular flexibility index (Phi) is 6.83. The summed E-state index contributed by atoms with van der Waals surface area (Å²) in [7, 11) is 3.66. The van der Waals surface area contributed by atoms with Crippen LogP contribution in [0.2, 0.25) is 0 Å². The van der Waals surface area contributed by atoms with Gasteiger partial charge < -0.3 is 14.8 Å². The van der Waals surface area contributed by atoms with Crippen LogP contribution < -0.4 is 5.32 Å². The fourth-order valence-electron chi connectivity index (χ4n) is 4.08. The minimum absolute atomic E-state index is 0.102. The summed E-state index contributed by atoms with van der Waals surface area (Å²) in [5, 5.41) is 4.82. The van der Waals surface area contributed by atoms with Crippen LogP contribution in [-0.4, -0.2) is 45.9 Å². The summed E-state index contributed by atoms with van der Waals surface area (Å²) in [6, 6.07) is 23.3. The van der Waals surface area contributed by atoms with Crippen LogP contribution in [0.1, 0.15) is 33.0 Å². The maximum absolute atomic E-state index is 13.5. The lowest BCUT2D eigenvalue weighted by Crippen LogP contribution is -2.41. The van der Waals surface area contributed by atoms with Crippen LogP contribution in [0.15, 0.2) is 85.2 Å². The van der Waals surface area contributed by atoms with E-state index in [1.54, 1.807) is 21.7 Å². The van der Waals surface area contributed by atoms with E-state index in [9.17, 15) is 9.59 Å². The van der Waals surface area contributed by atoms with Gasteiger partial charge in [-0.25, -0.2) is 0 Å². The number of nitrogens with zero attached hydrogens (tertiary/aromatic N) is 3. The van der Waals surface area contributed by atoms with Crippen LogP contribution >= 0.6 is 0 Å². The number of benzene rings is 2. The molecule has 6 heteroatoms. The Hall–Kier alpha value is -3.93. The molecule has 168 valence electrons. The van der Waals surface area contributed by atoms with E-state index in [0.717, 1.165) is 16.3 Å². The van der Waals surface area contributed by atoms with E-state index in [1.165, 1.54) is 0 Å². The Labute approximate surface area is 193 Å². The van der Waals surface area contributed by atoms with Gasteiger partial charge in [0.05, 0.1) is 0 Å². The highest BCUT2D eigenvalue weighted by molar-refractivity contribution is 6.05. The molecule has 6 nitrogen and oxygen atoms in total. The number of aromatic nitrogens is 2. The van der Waals surface area contributed by atoms with Crippen LogP contribution in [0.25, 0.3) is 10.8 Å². The van der Waals surface area contributed by atoms with Gasteiger partial charge in [0.15, 0.2) is 0 Å². The summed E-state index contributed by atoms with van der Waals surface area (Å²) < 4.78 is 1.79. The molecule has 0 saturated carbocycles. The molecule has 0 fully saturated rings. The zero-order valence-corrected chi connectivity index (χ0v) is 18.9. The molecule has 2 aromatic carbocycles. The number of likely N-dealkylation sites (N-methyl/N-ethyl adjacent to an activating group) is 1. The normalized spacial score (nSPS) is 11.8. The molecule has 0 bridgehead atoms. The van der Waals surface area contributed by atoms with Crippen LogP contribution in [0, 0.1) is 0 Å². The lowest BCUT2D eigenvalue weighted by atomic mass is 10.0. The minimum atomic E-state index is -0.124. The number of hydrogen-bond donors (Lipinski definition) is 1. The van der Waals surface area contributed by atoms with E-state index < -0.39 is 0 Å². The topological polar surface area (TPSA) is 67.2 Å². The SMILES string of the molecule is CN(C(=O)c1nccc2ccccc12)[C@H](CCNC(=O)c1cccn1C)Cc1ccccc1. The molecule has 0 unspecified atom stereocenters. The van der Waals surface area contributed by atoms with Gasteiger partial charge in [-0.1, -0.05) is 54.6 Å². The first-order chi connectivity index (χ1) is 16.0. The second-order valence-corrected chi connectivity index (χ2v) is 8.19. The summed E-state index contributed by atoms with van der Waals surface area (Å²) in [5.74, 6) is -0.243. The Morgan fingerprint density at radius 2 is 1.76 bits per heavy atom. The van der Waals surface area contributed by atoms with Crippen molar-refractivity contribution in [3.8, 4) is 0 Å². The minimum Gasteiger partial charge on any atom is -0.351 e. The molecular weight excluding hydrogens is 412 g/mol. The number of pyridine rings is 1. The summed E-state index contributed by atoms with van der Waals surface area (Å²) >= 11 is 0. The molecule has 2 aromatic heterocycles. The van der Waals surface area contributed by atoms with Crippen LogP contribution in [-0.2, 0) is 13.5 Å². The molecule has 0 spiro atoms. The van der Waals surface area contributed by atoms with Crippen LogP contribution in [0.5, 0.6) is 0 Å². The van der Waals surface area contributed by atoms with Crippen molar-refractivity contribution in [2.24, 2.45) is 7.05 Å². The molecule has 33 heavy (non-hydrogen) atoms. The van der Waals surface area contributed by atoms with Gasteiger partial charge in [-0.3, -0.25) is 14.6 Å². The van der Waals surface area contributed by atoms with Crippen molar-refractivity contribution in [2.45, 2.75) is 18.9 Å². The molecule has 0 aliphatic rings. The molecule has 1 N–H and O–H groups in total. The Morgan fingerprint density at radius 1 is 1.00 bits per heavy atom. The second kappa shape index (κ2) is 10.1. The smallest absolute Gasteiger partial charge is 0.273 e. The number of nitrogens with one attached hydrogen (secondary N) is 1. The van der Waals surface area contributed by atoms with Crippen molar-refractivity contribution >= 4 is 22.6 Å². The second-order valence-electron chi connectivity index (χ2n) is 8.19. The van der Waals surface area contributed by atoms with Crippen molar-refractivity contribution in [3.63, 3.8) is 0 Å². The number of carbonyl (C=O) groups is 2. The number of amides is 2. The zero-order chi connectivity index (χ0) is 23.2. The van der Waals surface area contributed by atoms with E-state index in [1.807, 2.05) is 74.9 Å². The van der Waals surface area contributed by atoms with Gasteiger partial charge >= 0.3 is 0 Å². The monoisotopic (exact) mass is 440 g/mol. The molecule has 0 saturated heterocycles. The van der Waals surface area contributed by atoms with E-state index in [-0.39, 0.29) is 17.9 Å². The number of carbonyl (C=O) groups excluding carboxylic acids is 2. The number of aryl methyl sites for hydroxylation is 1. The fourth-order valence-corrected chi connectivity index (χ4v) is 4.08. The van der Waals surface area contributed by atoms with Gasteiger partial charge in [-0.2, -0.15) is 0 Å². The predicted molar refractivity (Wildman–Crippen MR) is 130 cm³/mol. The van der Waals surface area contributed by atoms with E-state index >= 15 is 0 Å². The molecule has 4 rings (SSSR count). The molecule has 4 aromatic rings. The van der Waals surface area contributed by atoms with Crippen LogP contribution in [0.4, 0.5) is 0 Å². The third-order valence-electron chi connectivity index (χ3n) is 6.00. The van der Waals surface area contributed by atoms with Gasteiger partial charge in [0.2, 0.25) is 0 Å². The average molecular weight is 441 g/mol. The van der Waals surface area contributed by atoms with E-state index in [0.29, 0.717) is 30.8 Å². The number of hydrogen-bond acceptors (Lipinski definition) is 3. The van der Waals surface area contributed by atoms with Gasteiger partial charge in [0.1, 0.15) is 11.4 Å². The largest absolute Gasteiger partial charge is 0.351 e. The first kappa shape index (κ1) is 22.3. The Balaban J connectivity index is 1.52. The molecule has 2 amide bonds. The summed E-state index contributed by atoms with van der Waals surface area (Å²) in [6.45, 7) is 0.460. The van der Waals surface area contributed by atoms with E-state index in [2.05, 4.69) is 22.4 Å². The van der Waals surface area contributed by atoms with Crippen LogP contribution in [0.3, 0.4) is 0 Å². The quantitative estimate of drug-likeness (QED) is 0.449. The highest BCUT2D eigenvalue weighted by Gasteiger charge is 2.24. The van der Waals surface area contributed by atoms with Gasteiger partial charge in [0.25, 0.3) is 11.8 Å².